The van der Waals surface area contributed by atoms with Crippen LogP contribution in [0.1, 0.15) is 52.9 Å². The van der Waals surface area contributed by atoms with E-state index in [1.54, 1.807) is 7.11 Å². The van der Waals surface area contributed by atoms with Crippen LogP contribution in [-0.4, -0.2) is 42.0 Å². The van der Waals surface area contributed by atoms with Crippen molar-refractivity contribution >= 4 is 6.03 Å². The summed E-state index contributed by atoms with van der Waals surface area (Å²) < 4.78 is 5.35. The van der Waals surface area contributed by atoms with Gasteiger partial charge in [0.25, 0.3) is 0 Å². The Morgan fingerprint density at radius 3 is 2.47 bits per heavy atom. The molecule has 0 aliphatic heterocycles. The van der Waals surface area contributed by atoms with Crippen LogP contribution in [0.5, 0.6) is 0 Å². The van der Waals surface area contributed by atoms with Gasteiger partial charge < -0.3 is 20.5 Å². The fourth-order valence-electron chi connectivity index (χ4n) is 2.75. The van der Waals surface area contributed by atoms with Crippen molar-refractivity contribution in [2.75, 3.05) is 13.7 Å². The van der Waals surface area contributed by atoms with Gasteiger partial charge in [-0.25, -0.2) is 4.79 Å². The first-order valence-corrected chi connectivity index (χ1v) is 7.07. The summed E-state index contributed by atoms with van der Waals surface area (Å²) in [5, 5.41) is 15.3. The minimum atomic E-state index is -0.416. The molecule has 1 aliphatic carbocycles. The highest BCUT2D eigenvalue weighted by atomic mass is 16.5. The van der Waals surface area contributed by atoms with Gasteiger partial charge in [-0.15, -0.1) is 0 Å². The van der Waals surface area contributed by atoms with Crippen LogP contribution in [0.4, 0.5) is 4.79 Å². The molecule has 1 atom stereocenters. The number of aliphatic hydroxyl groups is 1. The molecule has 5 nitrogen and oxygen atoms in total. The number of urea groups is 1. The fourth-order valence-corrected chi connectivity index (χ4v) is 2.75. The molecule has 0 saturated heterocycles. The summed E-state index contributed by atoms with van der Waals surface area (Å²) in [4.78, 5) is 12.0. The van der Waals surface area contributed by atoms with Gasteiger partial charge in [0.2, 0.25) is 0 Å². The van der Waals surface area contributed by atoms with Crippen molar-refractivity contribution in [2.24, 2.45) is 0 Å². The molecular weight excluding hydrogens is 244 g/mol. The van der Waals surface area contributed by atoms with E-state index in [1.807, 2.05) is 20.8 Å². The molecule has 5 heteroatoms. The SMILES string of the molecule is COC(C)(C)CC(C)NC(=O)NC1(CO)CCCC1. The normalized spacial score (nSPS) is 20.1. The molecule has 0 heterocycles. The first-order chi connectivity index (χ1) is 8.82. The minimum Gasteiger partial charge on any atom is -0.394 e. The fraction of sp³-hybridized carbons (Fsp3) is 0.929. The van der Waals surface area contributed by atoms with Crippen molar-refractivity contribution in [1.29, 1.82) is 0 Å². The van der Waals surface area contributed by atoms with E-state index in [0.717, 1.165) is 32.1 Å². The lowest BCUT2D eigenvalue weighted by Gasteiger charge is -2.31. The highest BCUT2D eigenvalue weighted by Gasteiger charge is 2.35. The molecule has 1 fully saturated rings. The first kappa shape index (κ1) is 16.2. The molecule has 1 aliphatic rings. The van der Waals surface area contributed by atoms with Crippen molar-refractivity contribution in [3.63, 3.8) is 0 Å². The molecule has 112 valence electrons. The highest BCUT2D eigenvalue weighted by Crippen LogP contribution is 2.29. The van der Waals surface area contributed by atoms with Gasteiger partial charge in [0.1, 0.15) is 0 Å². The zero-order valence-electron chi connectivity index (χ0n) is 12.6. The zero-order chi connectivity index (χ0) is 14.5. The number of carbonyl (C=O) groups is 1. The van der Waals surface area contributed by atoms with Crippen LogP contribution < -0.4 is 10.6 Å². The maximum atomic E-state index is 12.0. The third-order valence-electron chi connectivity index (χ3n) is 3.97. The number of carbonyl (C=O) groups excluding carboxylic acids is 1. The topological polar surface area (TPSA) is 70.6 Å². The molecule has 0 radical (unpaired) electrons. The molecule has 1 saturated carbocycles. The largest absolute Gasteiger partial charge is 0.394 e. The summed E-state index contributed by atoms with van der Waals surface area (Å²) in [5.41, 5.74) is -0.671. The second kappa shape index (κ2) is 6.57. The Kier molecular flexibility index (Phi) is 5.62. The van der Waals surface area contributed by atoms with Gasteiger partial charge in [-0.05, 0) is 40.0 Å². The number of hydrogen-bond donors (Lipinski definition) is 3. The monoisotopic (exact) mass is 272 g/mol. The molecule has 0 spiro atoms. The average Bonchev–Trinajstić information content (AvgIpc) is 2.77. The van der Waals surface area contributed by atoms with Gasteiger partial charge in [-0.2, -0.15) is 0 Å². The average molecular weight is 272 g/mol. The van der Waals surface area contributed by atoms with Crippen LogP contribution in [0.3, 0.4) is 0 Å². The van der Waals surface area contributed by atoms with Crippen LogP contribution in [0, 0.1) is 0 Å². The van der Waals surface area contributed by atoms with Crippen LogP contribution in [0.25, 0.3) is 0 Å². The maximum absolute atomic E-state index is 12.0. The van der Waals surface area contributed by atoms with Crippen molar-refractivity contribution in [3.8, 4) is 0 Å². The second-order valence-corrected chi connectivity index (χ2v) is 6.31. The minimum absolute atomic E-state index is 0.0123. The molecule has 3 N–H and O–H groups in total. The Hall–Kier alpha value is -0.810. The van der Waals surface area contributed by atoms with Crippen LogP contribution in [0.15, 0.2) is 0 Å². The lowest BCUT2D eigenvalue weighted by atomic mass is 9.98. The van der Waals surface area contributed by atoms with E-state index in [1.165, 1.54) is 0 Å². The standard InChI is InChI=1S/C14H28N2O3/c1-11(9-13(2,3)19-4)15-12(18)16-14(10-17)7-5-6-8-14/h11,17H,5-10H2,1-4H3,(H2,15,16,18). The summed E-state index contributed by atoms with van der Waals surface area (Å²) in [6.07, 6.45) is 4.58. The van der Waals surface area contributed by atoms with Crippen molar-refractivity contribution in [1.82, 2.24) is 10.6 Å². The van der Waals surface area contributed by atoms with Crippen LogP contribution in [-0.2, 0) is 4.74 Å². The Morgan fingerprint density at radius 1 is 1.42 bits per heavy atom. The summed E-state index contributed by atoms with van der Waals surface area (Å²) in [5.74, 6) is 0. The molecule has 0 aromatic carbocycles. The quantitative estimate of drug-likeness (QED) is 0.690. The Morgan fingerprint density at radius 2 is 2.00 bits per heavy atom. The summed E-state index contributed by atoms with van der Waals surface area (Å²) in [6.45, 7) is 5.96. The van der Waals surface area contributed by atoms with Gasteiger partial charge in [0.15, 0.2) is 0 Å². The van der Waals surface area contributed by atoms with E-state index >= 15 is 0 Å². The third-order valence-corrected chi connectivity index (χ3v) is 3.97. The number of nitrogens with one attached hydrogen (secondary N) is 2. The highest BCUT2D eigenvalue weighted by molar-refractivity contribution is 5.75. The number of methoxy groups -OCH3 is 1. The molecular formula is C14H28N2O3. The zero-order valence-corrected chi connectivity index (χ0v) is 12.6. The van der Waals surface area contributed by atoms with Crippen LogP contribution >= 0.6 is 0 Å². The smallest absolute Gasteiger partial charge is 0.315 e. The Bertz CT molecular complexity index is 299. The molecule has 1 rings (SSSR count). The molecule has 1 unspecified atom stereocenters. The molecule has 0 bridgehead atoms. The predicted octanol–water partition coefficient (Wildman–Crippen LogP) is 1.79. The molecule has 0 aromatic heterocycles. The van der Waals surface area contributed by atoms with Gasteiger partial charge in [0, 0.05) is 13.2 Å². The Balaban J connectivity index is 2.42. The van der Waals surface area contributed by atoms with E-state index in [9.17, 15) is 9.90 Å². The van der Waals surface area contributed by atoms with Crippen molar-refractivity contribution in [2.45, 2.75) is 70.1 Å². The molecule has 19 heavy (non-hydrogen) atoms. The van der Waals surface area contributed by atoms with Gasteiger partial charge in [-0.1, -0.05) is 12.8 Å². The van der Waals surface area contributed by atoms with E-state index in [-0.39, 0.29) is 24.3 Å². The summed E-state index contributed by atoms with van der Waals surface area (Å²) >= 11 is 0. The maximum Gasteiger partial charge on any atom is 0.315 e. The van der Waals surface area contributed by atoms with E-state index in [0.29, 0.717) is 0 Å². The predicted molar refractivity (Wildman–Crippen MR) is 75.1 cm³/mol. The second-order valence-electron chi connectivity index (χ2n) is 6.31. The van der Waals surface area contributed by atoms with Gasteiger partial charge in [0.05, 0.1) is 17.7 Å². The van der Waals surface area contributed by atoms with E-state index in [2.05, 4.69) is 10.6 Å². The lowest BCUT2D eigenvalue weighted by Crippen LogP contribution is -2.54. The van der Waals surface area contributed by atoms with Gasteiger partial charge >= 0.3 is 6.03 Å². The van der Waals surface area contributed by atoms with Crippen molar-refractivity contribution in [3.05, 3.63) is 0 Å². The number of aliphatic hydroxyl groups excluding tert-OH is 1. The number of rotatable bonds is 6. The number of ether oxygens (including phenoxy) is 1. The van der Waals surface area contributed by atoms with Gasteiger partial charge in [-0.3, -0.25) is 0 Å². The van der Waals surface area contributed by atoms with Crippen molar-refractivity contribution < 1.29 is 14.6 Å². The molecule has 2 amide bonds. The first-order valence-electron chi connectivity index (χ1n) is 7.07. The number of amides is 2. The third kappa shape index (κ3) is 4.99. The van der Waals surface area contributed by atoms with Crippen LogP contribution in [0.2, 0.25) is 0 Å². The molecule has 0 aromatic rings. The number of hydrogen-bond acceptors (Lipinski definition) is 3. The lowest BCUT2D eigenvalue weighted by molar-refractivity contribution is 0.00938. The van der Waals surface area contributed by atoms with E-state index in [4.69, 9.17) is 4.74 Å². The Labute approximate surface area is 116 Å². The van der Waals surface area contributed by atoms with E-state index < -0.39 is 5.54 Å². The summed E-state index contributed by atoms with van der Waals surface area (Å²) in [6, 6.07) is -0.178. The summed E-state index contributed by atoms with van der Waals surface area (Å²) in [7, 11) is 1.67.